The Hall–Kier alpha value is -1.52. The molecule has 0 aromatic carbocycles. The maximum Gasteiger partial charge on any atom is 0.264 e. The first-order valence-corrected chi connectivity index (χ1v) is 11.0. The number of rotatable bonds is 5. The molecule has 0 radical (unpaired) electrons. The Morgan fingerprint density at radius 1 is 1.19 bits per heavy atom. The molecule has 6 nitrogen and oxygen atoms in total. The van der Waals surface area contributed by atoms with Gasteiger partial charge in [0.05, 0.1) is 4.88 Å². The fraction of sp³-hybridized carbons (Fsp3) is 0.353. The number of hydrogen-bond donors (Lipinski definition) is 1. The zero-order chi connectivity index (χ0) is 17.9. The van der Waals surface area contributed by atoms with Crippen LogP contribution in [0.4, 0.5) is 0 Å². The summed E-state index contributed by atoms with van der Waals surface area (Å²) >= 11 is 4.61. The minimum atomic E-state index is -0.553. The van der Waals surface area contributed by atoms with Gasteiger partial charge in [0.25, 0.3) is 5.91 Å². The van der Waals surface area contributed by atoms with Crippen molar-refractivity contribution >= 4 is 50.6 Å². The number of hydrogen-bond acceptors (Lipinski definition) is 8. The maximum atomic E-state index is 12.4. The molecule has 26 heavy (non-hydrogen) atoms. The predicted molar refractivity (Wildman–Crippen MR) is 106 cm³/mol. The van der Waals surface area contributed by atoms with E-state index >= 15 is 0 Å². The molecule has 0 saturated carbocycles. The number of amides is 1. The van der Waals surface area contributed by atoms with Gasteiger partial charge in [-0.3, -0.25) is 9.69 Å². The lowest BCUT2D eigenvalue weighted by molar-refractivity contribution is -0.00718. The summed E-state index contributed by atoms with van der Waals surface area (Å²) in [6.07, 6.45) is 1.02. The highest BCUT2D eigenvalue weighted by molar-refractivity contribution is 7.99. The van der Waals surface area contributed by atoms with Gasteiger partial charge in [0.1, 0.15) is 22.4 Å². The summed E-state index contributed by atoms with van der Waals surface area (Å²) in [6.45, 7) is 2.63. The number of fused-ring (bicyclic) bond motifs is 1. The number of carbonyl (C=O) groups is 1. The van der Waals surface area contributed by atoms with Crippen LogP contribution in [0, 0.1) is 0 Å². The molecule has 3 aromatic rings. The van der Waals surface area contributed by atoms with Crippen LogP contribution in [0.5, 0.6) is 0 Å². The van der Waals surface area contributed by atoms with E-state index in [1.54, 1.807) is 29.4 Å². The van der Waals surface area contributed by atoms with Gasteiger partial charge in [0.15, 0.2) is 0 Å². The lowest BCUT2D eigenvalue weighted by Gasteiger charge is -2.37. The number of thioether (sulfide) groups is 1. The molecule has 9 heteroatoms. The highest BCUT2D eigenvalue weighted by Crippen LogP contribution is 2.28. The number of aromatic nitrogens is 2. The van der Waals surface area contributed by atoms with Gasteiger partial charge in [0, 0.05) is 37.3 Å². The molecule has 0 spiro atoms. The van der Waals surface area contributed by atoms with Crippen LogP contribution in [-0.4, -0.2) is 68.9 Å². The molecule has 1 amide bonds. The maximum absolute atomic E-state index is 12.4. The van der Waals surface area contributed by atoms with Gasteiger partial charge in [-0.05, 0) is 22.9 Å². The molecular weight excluding hydrogens is 388 g/mol. The topological polar surface area (TPSA) is 69.6 Å². The summed E-state index contributed by atoms with van der Waals surface area (Å²) in [5.41, 5.74) is 0. The Bertz CT molecular complexity index is 875. The number of aliphatic hydroxyl groups is 1. The first kappa shape index (κ1) is 17.9. The fourth-order valence-electron chi connectivity index (χ4n) is 2.92. The Kier molecular flexibility index (Phi) is 5.51. The van der Waals surface area contributed by atoms with Crippen LogP contribution in [0.2, 0.25) is 0 Å². The lowest BCUT2D eigenvalue weighted by Crippen LogP contribution is -2.52. The van der Waals surface area contributed by atoms with Crippen LogP contribution >= 0.6 is 34.4 Å². The van der Waals surface area contributed by atoms with Crippen LogP contribution in [0.25, 0.3) is 10.2 Å². The van der Waals surface area contributed by atoms with Crippen molar-refractivity contribution in [2.75, 3.05) is 31.9 Å². The molecule has 1 aliphatic heterocycles. The molecule has 1 fully saturated rings. The molecule has 1 unspecified atom stereocenters. The summed E-state index contributed by atoms with van der Waals surface area (Å²) < 4.78 is 0. The average molecular weight is 407 g/mol. The van der Waals surface area contributed by atoms with Crippen molar-refractivity contribution in [3.63, 3.8) is 0 Å². The second-order valence-electron chi connectivity index (χ2n) is 5.92. The highest BCUT2D eigenvalue weighted by Gasteiger charge is 2.26. The summed E-state index contributed by atoms with van der Waals surface area (Å²) in [5, 5.41) is 16.4. The molecule has 0 bridgehead atoms. The van der Waals surface area contributed by atoms with E-state index in [1.807, 2.05) is 38.8 Å². The SMILES string of the molecule is O=C(c1cccs1)N1CCN(C(O)CSc2ncnc3sccc23)CC1. The van der Waals surface area contributed by atoms with Gasteiger partial charge >= 0.3 is 0 Å². The van der Waals surface area contributed by atoms with E-state index in [0.29, 0.717) is 31.9 Å². The smallest absolute Gasteiger partial charge is 0.264 e. The Morgan fingerprint density at radius 2 is 2.04 bits per heavy atom. The van der Waals surface area contributed by atoms with Crippen LogP contribution in [-0.2, 0) is 0 Å². The summed E-state index contributed by atoms with van der Waals surface area (Å²) in [6, 6.07) is 5.77. The molecule has 3 aromatic heterocycles. The predicted octanol–water partition coefficient (Wildman–Crippen LogP) is 2.62. The van der Waals surface area contributed by atoms with Gasteiger partial charge in [-0.25, -0.2) is 9.97 Å². The van der Waals surface area contributed by atoms with E-state index in [1.165, 1.54) is 11.3 Å². The first-order chi connectivity index (χ1) is 12.7. The second kappa shape index (κ2) is 8.01. The second-order valence-corrected chi connectivity index (χ2v) is 8.77. The Morgan fingerprint density at radius 3 is 2.81 bits per heavy atom. The van der Waals surface area contributed by atoms with Gasteiger partial charge in [-0.2, -0.15) is 0 Å². The van der Waals surface area contributed by atoms with Crippen molar-refractivity contribution < 1.29 is 9.90 Å². The third-order valence-electron chi connectivity index (χ3n) is 4.35. The molecule has 1 aliphatic rings. The molecule has 0 aliphatic carbocycles. The van der Waals surface area contributed by atoms with Gasteiger partial charge < -0.3 is 10.0 Å². The normalized spacial score (nSPS) is 16.9. The highest BCUT2D eigenvalue weighted by atomic mass is 32.2. The molecule has 4 heterocycles. The lowest BCUT2D eigenvalue weighted by atomic mass is 10.3. The van der Waals surface area contributed by atoms with Gasteiger partial charge in [-0.1, -0.05) is 6.07 Å². The number of carbonyl (C=O) groups excluding carboxylic acids is 1. The van der Waals surface area contributed by atoms with Crippen molar-refractivity contribution in [1.82, 2.24) is 19.8 Å². The van der Waals surface area contributed by atoms with E-state index < -0.39 is 6.23 Å². The van der Waals surface area contributed by atoms with Crippen LogP contribution < -0.4 is 0 Å². The van der Waals surface area contributed by atoms with Crippen LogP contribution in [0.1, 0.15) is 9.67 Å². The Labute approximate surface area is 163 Å². The largest absolute Gasteiger partial charge is 0.377 e. The van der Waals surface area contributed by atoms with Gasteiger partial charge in [-0.15, -0.1) is 34.4 Å². The summed E-state index contributed by atoms with van der Waals surface area (Å²) in [4.78, 5) is 26.6. The molecule has 4 rings (SSSR count). The average Bonchev–Trinajstić information content (AvgIpc) is 3.37. The van der Waals surface area contributed by atoms with Crippen molar-refractivity contribution in [2.24, 2.45) is 0 Å². The molecule has 1 saturated heterocycles. The minimum Gasteiger partial charge on any atom is -0.377 e. The van der Waals surface area contributed by atoms with E-state index in [4.69, 9.17) is 0 Å². The number of thiophene rings is 2. The van der Waals surface area contributed by atoms with Crippen molar-refractivity contribution in [2.45, 2.75) is 11.3 Å². The number of nitrogens with zero attached hydrogens (tertiary/aromatic N) is 4. The van der Waals surface area contributed by atoms with Crippen molar-refractivity contribution in [3.8, 4) is 0 Å². The van der Waals surface area contributed by atoms with Crippen molar-refractivity contribution in [1.29, 1.82) is 0 Å². The number of piperazine rings is 1. The molecule has 136 valence electrons. The van der Waals surface area contributed by atoms with Crippen molar-refractivity contribution in [3.05, 3.63) is 40.2 Å². The van der Waals surface area contributed by atoms with E-state index in [0.717, 1.165) is 20.1 Å². The monoisotopic (exact) mass is 406 g/mol. The first-order valence-electron chi connectivity index (χ1n) is 8.28. The van der Waals surface area contributed by atoms with Crippen LogP contribution in [0.15, 0.2) is 40.3 Å². The van der Waals surface area contributed by atoms with E-state index in [-0.39, 0.29) is 5.91 Å². The number of aliphatic hydroxyl groups excluding tert-OH is 1. The molecular formula is C17H18N4O2S3. The summed E-state index contributed by atoms with van der Waals surface area (Å²) in [5.74, 6) is 0.630. The third kappa shape index (κ3) is 3.77. The molecule has 1 N–H and O–H groups in total. The Balaban J connectivity index is 1.30. The minimum absolute atomic E-state index is 0.0874. The quantitative estimate of drug-likeness (QED) is 0.519. The van der Waals surface area contributed by atoms with Gasteiger partial charge in [0.2, 0.25) is 0 Å². The van der Waals surface area contributed by atoms with E-state index in [2.05, 4.69) is 9.97 Å². The van der Waals surface area contributed by atoms with Crippen LogP contribution in [0.3, 0.4) is 0 Å². The zero-order valence-electron chi connectivity index (χ0n) is 13.9. The third-order valence-corrected chi connectivity index (χ3v) is 7.09. The van der Waals surface area contributed by atoms with E-state index in [9.17, 15) is 9.90 Å². The standard InChI is InChI=1S/C17H18N4O2S3/c22-14(10-26-16-12-3-9-25-15(12)18-11-19-16)20-4-6-21(7-5-20)17(23)13-2-1-8-24-13/h1-3,8-9,11,14,22H,4-7,10H2. The fourth-order valence-corrected chi connectivity index (χ4v) is 5.37. The molecule has 1 atom stereocenters. The zero-order valence-corrected chi connectivity index (χ0v) is 16.4. The summed E-state index contributed by atoms with van der Waals surface area (Å²) in [7, 11) is 0.